The molecule has 0 aromatic carbocycles. The summed E-state index contributed by atoms with van der Waals surface area (Å²) in [4.78, 5) is 12.6. The van der Waals surface area contributed by atoms with Crippen LogP contribution in [0.5, 0.6) is 0 Å². The number of allylic oxidation sites excluding steroid dienone is 2. The molecule has 0 rings (SSSR count). The second kappa shape index (κ2) is 55.0. The number of hydrogen-bond acceptors (Lipinski definition) is 5. The Kier molecular flexibility index (Phi) is 54.2. The zero-order chi connectivity index (χ0) is 48.1. The molecule has 5 N–H and O–H groups in total. The van der Waals surface area contributed by atoms with E-state index in [1.165, 1.54) is 270 Å². The maximum Gasteiger partial charge on any atom is 0.249 e. The van der Waals surface area contributed by atoms with Crippen LogP contribution >= 0.6 is 0 Å². The van der Waals surface area contributed by atoms with E-state index in [9.17, 15) is 25.2 Å². The first-order valence-corrected chi connectivity index (χ1v) is 30.1. The van der Waals surface area contributed by atoms with Crippen molar-refractivity contribution in [1.29, 1.82) is 0 Å². The third kappa shape index (κ3) is 48.1. The number of hydrogen-bond donors (Lipinski definition) is 5. The Morgan fingerprint density at radius 3 is 0.879 bits per heavy atom. The fourth-order valence-electron chi connectivity index (χ4n) is 9.76. The SMILES string of the molecule is CCCCCCCCCCCCCC/C=C\CCCCCCCCCCCCCC(O)C(=O)NC(CO)C(O)C(O)CCCCCCCCCCCCCCCCCCCCCCCCC. The minimum atomic E-state index is -1.26. The van der Waals surface area contributed by atoms with Crippen LogP contribution in [0.3, 0.4) is 0 Å². The number of unbranched alkanes of at least 4 members (excludes halogenated alkanes) is 45. The molecule has 0 aliphatic rings. The van der Waals surface area contributed by atoms with Crippen molar-refractivity contribution < 1.29 is 25.2 Å². The van der Waals surface area contributed by atoms with Gasteiger partial charge in [-0.25, -0.2) is 0 Å². The third-order valence-electron chi connectivity index (χ3n) is 14.5. The normalized spacial score (nSPS) is 13.7. The van der Waals surface area contributed by atoms with Crippen molar-refractivity contribution in [3.05, 3.63) is 12.2 Å². The lowest BCUT2D eigenvalue weighted by atomic mass is 9.99. The topological polar surface area (TPSA) is 110 Å². The predicted octanol–water partition coefficient (Wildman–Crippen LogP) is 17.6. The van der Waals surface area contributed by atoms with Crippen LogP contribution in [-0.2, 0) is 4.79 Å². The van der Waals surface area contributed by atoms with E-state index >= 15 is 0 Å². The van der Waals surface area contributed by atoms with Crippen LogP contribution in [0.15, 0.2) is 12.2 Å². The average molecular weight is 935 g/mol. The summed E-state index contributed by atoms with van der Waals surface area (Å²) in [6.45, 7) is 4.10. The molecule has 0 aromatic rings. The van der Waals surface area contributed by atoms with Crippen LogP contribution in [0.4, 0.5) is 0 Å². The molecule has 6 nitrogen and oxygen atoms in total. The van der Waals surface area contributed by atoms with Crippen molar-refractivity contribution in [3.8, 4) is 0 Å². The largest absolute Gasteiger partial charge is 0.394 e. The maximum atomic E-state index is 12.6. The van der Waals surface area contributed by atoms with Gasteiger partial charge in [-0.2, -0.15) is 0 Å². The first kappa shape index (κ1) is 65.0. The van der Waals surface area contributed by atoms with Crippen LogP contribution < -0.4 is 5.32 Å². The molecule has 394 valence electrons. The Morgan fingerprint density at radius 1 is 0.364 bits per heavy atom. The molecule has 0 saturated carbocycles. The van der Waals surface area contributed by atoms with E-state index in [2.05, 4.69) is 31.3 Å². The van der Waals surface area contributed by atoms with Crippen molar-refractivity contribution in [3.63, 3.8) is 0 Å². The molecule has 1 amide bonds. The van der Waals surface area contributed by atoms with Crippen molar-refractivity contribution in [1.82, 2.24) is 5.32 Å². The summed E-state index contributed by atoms with van der Waals surface area (Å²) < 4.78 is 0. The average Bonchev–Trinajstić information content (AvgIpc) is 3.32. The van der Waals surface area contributed by atoms with Gasteiger partial charge < -0.3 is 25.7 Å². The first-order chi connectivity index (χ1) is 32.5. The lowest BCUT2D eigenvalue weighted by Gasteiger charge is -2.27. The van der Waals surface area contributed by atoms with Crippen molar-refractivity contribution in [2.75, 3.05) is 6.61 Å². The molecule has 0 saturated heterocycles. The molecule has 4 unspecified atom stereocenters. The molecule has 66 heavy (non-hydrogen) atoms. The highest BCUT2D eigenvalue weighted by atomic mass is 16.3. The van der Waals surface area contributed by atoms with Gasteiger partial charge in [-0.15, -0.1) is 0 Å². The molecule has 0 fully saturated rings. The first-order valence-electron chi connectivity index (χ1n) is 30.1. The summed E-state index contributed by atoms with van der Waals surface area (Å²) in [6.07, 6.45) is 65.7. The molecule has 0 spiro atoms. The lowest BCUT2D eigenvalue weighted by Crippen LogP contribution is -2.53. The van der Waals surface area contributed by atoms with Gasteiger partial charge in [0.05, 0.1) is 18.8 Å². The van der Waals surface area contributed by atoms with E-state index in [-0.39, 0.29) is 0 Å². The zero-order valence-electron chi connectivity index (χ0n) is 44.7. The number of aliphatic hydroxyl groups is 4. The van der Waals surface area contributed by atoms with Gasteiger partial charge in [-0.05, 0) is 38.5 Å². The highest BCUT2D eigenvalue weighted by Gasteiger charge is 2.28. The highest BCUT2D eigenvalue weighted by Crippen LogP contribution is 2.19. The second-order valence-electron chi connectivity index (χ2n) is 21.1. The molecule has 0 bridgehead atoms. The Balaban J connectivity index is 3.58. The molecular weight excluding hydrogens is 815 g/mol. The quantitative estimate of drug-likeness (QED) is 0.0308. The summed E-state index contributed by atoms with van der Waals surface area (Å²) in [5, 5.41) is 44.1. The number of rotatable bonds is 56. The number of amides is 1. The molecule has 0 aliphatic heterocycles. The van der Waals surface area contributed by atoms with Gasteiger partial charge in [-0.1, -0.05) is 309 Å². The molecular formula is C60H119NO5. The van der Waals surface area contributed by atoms with E-state index in [1.54, 1.807) is 0 Å². The highest BCUT2D eigenvalue weighted by molar-refractivity contribution is 5.80. The summed E-state index contributed by atoms with van der Waals surface area (Å²) in [5.74, 6) is -0.578. The summed E-state index contributed by atoms with van der Waals surface area (Å²) in [5.41, 5.74) is 0. The molecule has 0 heterocycles. The van der Waals surface area contributed by atoms with Crippen molar-refractivity contribution in [2.24, 2.45) is 0 Å². The molecule has 0 aliphatic carbocycles. The molecule has 6 heteroatoms. The minimum Gasteiger partial charge on any atom is -0.394 e. The fraction of sp³-hybridized carbons (Fsp3) is 0.950. The smallest absolute Gasteiger partial charge is 0.249 e. The second-order valence-corrected chi connectivity index (χ2v) is 21.1. The van der Waals surface area contributed by atoms with Crippen LogP contribution in [0.25, 0.3) is 0 Å². The van der Waals surface area contributed by atoms with Crippen LogP contribution in [-0.4, -0.2) is 57.3 Å². The number of nitrogens with one attached hydrogen (secondary N) is 1. The van der Waals surface area contributed by atoms with Crippen LogP contribution in [0.2, 0.25) is 0 Å². The number of carbonyl (C=O) groups excluding carboxylic acids is 1. The summed E-state index contributed by atoms with van der Waals surface area (Å²) in [7, 11) is 0. The maximum absolute atomic E-state index is 12.6. The minimum absolute atomic E-state index is 0.372. The number of aliphatic hydroxyl groups excluding tert-OH is 4. The van der Waals surface area contributed by atoms with E-state index in [4.69, 9.17) is 0 Å². The van der Waals surface area contributed by atoms with Gasteiger partial charge in [-0.3, -0.25) is 4.79 Å². The fourth-order valence-corrected chi connectivity index (χ4v) is 9.76. The molecule has 4 atom stereocenters. The van der Waals surface area contributed by atoms with E-state index in [1.807, 2.05) is 0 Å². The van der Waals surface area contributed by atoms with Gasteiger partial charge in [0.2, 0.25) is 5.91 Å². The van der Waals surface area contributed by atoms with E-state index in [0.29, 0.717) is 12.8 Å². The van der Waals surface area contributed by atoms with Crippen LogP contribution in [0.1, 0.15) is 335 Å². The lowest BCUT2D eigenvalue weighted by molar-refractivity contribution is -0.132. The summed E-state index contributed by atoms with van der Waals surface area (Å²) in [6, 6.07) is -0.984. The van der Waals surface area contributed by atoms with Crippen LogP contribution in [0, 0.1) is 0 Å². The Hall–Kier alpha value is -0.950. The van der Waals surface area contributed by atoms with Gasteiger partial charge in [0.1, 0.15) is 12.2 Å². The third-order valence-corrected chi connectivity index (χ3v) is 14.5. The van der Waals surface area contributed by atoms with Crippen molar-refractivity contribution >= 4 is 5.91 Å². The van der Waals surface area contributed by atoms with E-state index in [0.717, 1.165) is 38.5 Å². The van der Waals surface area contributed by atoms with Gasteiger partial charge in [0, 0.05) is 0 Å². The molecule has 0 aromatic heterocycles. The Labute approximate surface area is 412 Å². The standard InChI is InChI=1S/C60H119NO5/c1-3-5-7-9-11-13-15-17-19-21-23-25-27-28-29-30-32-34-36-38-40-42-44-46-48-50-52-54-58(64)60(66)61-56(55-62)59(65)57(63)53-51-49-47-45-43-41-39-37-35-33-31-26-24-22-20-18-16-14-12-10-8-6-4-2/h28-29,56-59,62-65H,3-27,30-55H2,1-2H3,(H,61,66)/b29-28-. The Bertz CT molecular complexity index is 959. The van der Waals surface area contributed by atoms with E-state index < -0.39 is 36.9 Å². The molecule has 0 radical (unpaired) electrons. The van der Waals surface area contributed by atoms with Gasteiger partial charge >= 0.3 is 0 Å². The summed E-state index contributed by atoms with van der Waals surface area (Å²) >= 11 is 0. The monoisotopic (exact) mass is 934 g/mol. The van der Waals surface area contributed by atoms with Gasteiger partial charge in [0.25, 0.3) is 0 Å². The number of carbonyl (C=O) groups is 1. The predicted molar refractivity (Wildman–Crippen MR) is 288 cm³/mol. The zero-order valence-corrected chi connectivity index (χ0v) is 44.7. The Morgan fingerprint density at radius 2 is 0.606 bits per heavy atom. The van der Waals surface area contributed by atoms with Crippen molar-refractivity contribution in [2.45, 2.75) is 359 Å². The van der Waals surface area contributed by atoms with Gasteiger partial charge in [0.15, 0.2) is 0 Å².